The lowest BCUT2D eigenvalue weighted by atomic mass is 10.1. The van der Waals surface area contributed by atoms with Crippen molar-refractivity contribution in [2.75, 3.05) is 19.4 Å². The van der Waals surface area contributed by atoms with E-state index >= 15 is 0 Å². The summed E-state index contributed by atoms with van der Waals surface area (Å²) in [7, 11) is -0.342. The summed E-state index contributed by atoms with van der Waals surface area (Å²) in [6, 6.07) is 8.69. The second kappa shape index (κ2) is 5.68. The molecule has 108 valence electrons. The van der Waals surface area contributed by atoms with Crippen LogP contribution in [-0.2, 0) is 10.0 Å². The average molecular weight is 294 g/mol. The third-order valence-corrected chi connectivity index (χ3v) is 4.89. The number of rotatable bonds is 5. The van der Waals surface area contributed by atoms with E-state index in [1.54, 1.807) is 36.8 Å². The van der Waals surface area contributed by atoms with Crippen LogP contribution in [0.3, 0.4) is 0 Å². The summed E-state index contributed by atoms with van der Waals surface area (Å²) in [5, 5.41) is 3.28. The van der Waals surface area contributed by atoms with Crippen molar-refractivity contribution >= 4 is 15.7 Å². The van der Waals surface area contributed by atoms with E-state index in [0.29, 0.717) is 0 Å². The fourth-order valence-corrected chi connectivity index (χ4v) is 2.69. The van der Waals surface area contributed by atoms with Gasteiger partial charge in [-0.25, -0.2) is 12.7 Å². The molecule has 20 heavy (non-hydrogen) atoms. The summed E-state index contributed by atoms with van der Waals surface area (Å²) in [5.74, 6) is 0. The largest absolute Gasteiger partial charge is 0.472 e. The third-order valence-electron chi connectivity index (χ3n) is 3.06. The van der Waals surface area contributed by atoms with E-state index < -0.39 is 10.0 Å². The van der Waals surface area contributed by atoms with Crippen molar-refractivity contribution in [3.63, 3.8) is 0 Å². The first kappa shape index (κ1) is 14.6. The summed E-state index contributed by atoms with van der Waals surface area (Å²) in [5.41, 5.74) is 1.89. The molecule has 0 saturated carbocycles. The molecule has 0 radical (unpaired) electrons. The monoisotopic (exact) mass is 294 g/mol. The maximum absolute atomic E-state index is 11.9. The normalized spacial score (nSPS) is 13.4. The van der Waals surface area contributed by atoms with Gasteiger partial charge in [0.05, 0.1) is 23.5 Å². The Hall–Kier alpha value is -1.79. The highest BCUT2D eigenvalue weighted by Crippen LogP contribution is 2.21. The highest BCUT2D eigenvalue weighted by atomic mass is 32.2. The maximum atomic E-state index is 11.9. The lowest BCUT2D eigenvalue weighted by Crippen LogP contribution is -2.22. The number of anilines is 1. The first-order chi connectivity index (χ1) is 9.41. The summed E-state index contributed by atoms with van der Waals surface area (Å²) in [4.78, 5) is 0.281. The standard InChI is InChI=1S/C14H18N2O3S/c1-11(12-8-9-19-10-12)15-13-4-6-14(7-5-13)20(17,18)16(2)3/h4-11,15H,1-3H3. The first-order valence-corrected chi connectivity index (χ1v) is 7.66. The van der Waals surface area contributed by atoms with Gasteiger partial charge in [0.15, 0.2) is 0 Å². The molecule has 2 aromatic rings. The van der Waals surface area contributed by atoms with Gasteiger partial charge in [0, 0.05) is 25.3 Å². The minimum atomic E-state index is -3.37. The van der Waals surface area contributed by atoms with Crippen molar-refractivity contribution in [3.8, 4) is 0 Å². The Bertz CT molecular complexity index is 646. The molecular formula is C14H18N2O3S. The van der Waals surface area contributed by atoms with Gasteiger partial charge in [-0.1, -0.05) is 0 Å². The molecule has 0 bridgehead atoms. The van der Waals surface area contributed by atoms with Gasteiger partial charge in [0.1, 0.15) is 0 Å². The Kier molecular flexibility index (Phi) is 4.15. The van der Waals surface area contributed by atoms with Crippen LogP contribution in [0, 0.1) is 0 Å². The second-order valence-electron chi connectivity index (χ2n) is 4.73. The van der Waals surface area contributed by atoms with Crippen molar-refractivity contribution in [1.82, 2.24) is 4.31 Å². The number of hydrogen-bond donors (Lipinski definition) is 1. The van der Waals surface area contributed by atoms with Crippen LogP contribution in [0.1, 0.15) is 18.5 Å². The first-order valence-electron chi connectivity index (χ1n) is 6.22. The van der Waals surface area contributed by atoms with Gasteiger partial charge >= 0.3 is 0 Å². The van der Waals surface area contributed by atoms with Crippen LogP contribution in [0.5, 0.6) is 0 Å². The van der Waals surface area contributed by atoms with Crippen molar-refractivity contribution in [1.29, 1.82) is 0 Å². The van der Waals surface area contributed by atoms with E-state index in [9.17, 15) is 8.42 Å². The Morgan fingerprint density at radius 1 is 1.15 bits per heavy atom. The van der Waals surface area contributed by atoms with Gasteiger partial charge in [-0.05, 0) is 37.3 Å². The molecule has 1 aromatic carbocycles. The Balaban J connectivity index is 2.13. The van der Waals surface area contributed by atoms with Crippen LogP contribution in [0.15, 0.2) is 52.2 Å². The number of nitrogens with zero attached hydrogens (tertiary/aromatic N) is 1. The van der Waals surface area contributed by atoms with Crippen molar-refractivity contribution in [3.05, 3.63) is 48.4 Å². The van der Waals surface area contributed by atoms with Gasteiger partial charge in [0.2, 0.25) is 10.0 Å². The molecule has 0 spiro atoms. The molecule has 0 saturated heterocycles. The van der Waals surface area contributed by atoms with Crippen LogP contribution < -0.4 is 5.32 Å². The predicted molar refractivity (Wildman–Crippen MR) is 78.1 cm³/mol. The van der Waals surface area contributed by atoms with Crippen LogP contribution >= 0.6 is 0 Å². The van der Waals surface area contributed by atoms with Crippen molar-refractivity contribution in [2.24, 2.45) is 0 Å². The molecule has 1 N–H and O–H groups in total. The molecule has 1 heterocycles. The fourth-order valence-electron chi connectivity index (χ4n) is 1.79. The molecule has 0 aliphatic carbocycles. The van der Waals surface area contributed by atoms with E-state index in [-0.39, 0.29) is 10.9 Å². The zero-order chi connectivity index (χ0) is 14.8. The average Bonchev–Trinajstić information content (AvgIpc) is 2.93. The van der Waals surface area contributed by atoms with E-state index in [2.05, 4.69) is 5.32 Å². The lowest BCUT2D eigenvalue weighted by molar-refractivity contribution is 0.521. The number of nitrogens with one attached hydrogen (secondary N) is 1. The molecule has 0 amide bonds. The summed E-state index contributed by atoms with van der Waals surface area (Å²) in [6.45, 7) is 2.01. The van der Waals surface area contributed by atoms with E-state index in [4.69, 9.17) is 4.42 Å². The number of furan rings is 1. The smallest absolute Gasteiger partial charge is 0.242 e. The molecular weight excluding hydrogens is 276 g/mol. The van der Waals surface area contributed by atoms with Gasteiger partial charge in [-0.2, -0.15) is 0 Å². The van der Waals surface area contributed by atoms with Crippen molar-refractivity contribution < 1.29 is 12.8 Å². The Morgan fingerprint density at radius 2 is 1.80 bits per heavy atom. The minimum Gasteiger partial charge on any atom is -0.472 e. The van der Waals surface area contributed by atoms with Gasteiger partial charge in [-0.15, -0.1) is 0 Å². The molecule has 0 aliphatic rings. The van der Waals surface area contributed by atoms with Gasteiger partial charge in [-0.3, -0.25) is 0 Å². The zero-order valence-corrected chi connectivity index (χ0v) is 12.5. The van der Waals surface area contributed by atoms with E-state index in [0.717, 1.165) is 11.3 Å². The maximum Gasteiger partial charge on any atom is 0.242 e. The van der Waals surface area contributed by atoms with Crippen LogP contribution in [0.2, 0.25) is 0 Å². The van der Waals surface area contributed by atoms with Gasteiger partial charge < -0.3 is 9.73 Å². The van der Waals surface area contributed by atoms with Crippen LogP contribution in [0.25, 0.3) is 0 Å². The highest BCUT2D eigenvalue weighted by Gasteiger charge is 2.16. The fraction of sp³-hybridized carbons (Fsp3) is 0.286. The third kappa shape index (κ3) is 3.02. The molecule has 6 heteroatoms. The van der Waals surface area contributed by atoms with Crippen molar-refractivity contribution in [2.45, 2.75) is 17.9 Å². The molecule has 1 aromatic heterocycles. The number of hydrogen-bond acceptors (Lipinski definition) is 4. The number of benzene rings is 1. The van der Waals surface area contributed by atoms with E-state index in [1.807, 2.05) is 13.0 Å². The predicted octanol–water partition coefficient (Wildman–Crippen LogP) is 2.70. The summed E-state index contributed by atoms with van der Waals surface area (Å²) < 4.78 is 30.1. The molecule has 1 unspecified atom stereocenters. The Labute approximate surface area is 119 Å². The summed E-state index contributed by atoms with van der Waals surface area (Å²) >= 11 is 0. The second-order valence-corrected chi connectivity index (χ2v) is 6.89. The molecule has 2 rings (SSSR count). The summed E-state index contributed by atoms with van der Waals surface area (Å²) in [6.07, 6.45) is 3.31. The lowest BCUT2D eigenvalue weighted by Gasteiger charge is -2.15. The highest BCUT2D eigenvalue weighted by molar-refractivity contribution is 7.89. The molecule has 0 aliphatic heterocycles. The van der Waals surface area contributed by atoms with Crippen LogP contribution in [-0.4, -0.2) is 26.8 Å². The molecule has 0 fully saturated rings. The van der Waals surface area contributed by atoms with E-state index in [1.165, 1.54) is 18.4 Å². The zero-order valence-electron chi connectivity index (χ0n) is 11.7. The minimum absolute atomic E-state index is 0.0880. The quantitative estimate of drug-likeness (QED) is 0.921. The Morgan fingerprint density at radius 3 is 2.30 bits per heavy atom. The van der Waals surface area contributed by atoms with Gasteiger partial charge in [0.25, 0.3) is 0 Å². The molecule has 5 nitrogen and oxygen atoms in total. The van der Waals surface area contributed by atoms with Crippen LogP contribution in [0.4, 0.5) is 5.69 Å². The topological polar surface area (TPSA) is 62.6 Å². The number of sulfonamides is 1. The molecule has 1 atom stereocenters. The SMILES string of the molecule is CC(Nc1ccc(S(=O)(=O)N(C)C)cc1)c1ccoc1.